The zero-order valence-electron chi connectivity index (χ0n) is 10.4. The molecule has 1 aliphatic heterocycles. The number of thiocarbonyl (C=S) groups is 1. The molecule has 3 N–H and O–H groups in total. The molecule has 96 valence electrons. The SMILES string of the molecule is CC1(C)CCC(=S)Nc2cc(NC(=O)O)ccc21. The van der Waals surface area contributed by atoms with Crippen LogP contribution in [-0.2, 0) is 5.41 Å². The van der Waals surface area contributed by atoms with Crippen LogP contribution in [-0.4, -0.2) is 16.2 Å². The first-order chi connectivity index (χ1) is 8.38. The molecule has 0 saturated carbocycles. The van der Waals surface area contributed by atoms with E-state index in [9.17, 15) is 4.79 Å². The van der Waals surface area contributed by atoms with Gasteiger partial charge in [0.15, 0.2) is 0 Å². The molecule has 1 amide bonds. The minimum Gasteiger partial charge on any atom is -0.465 e. The van der Waals surface area contributed by atoms with Crippen molar-refractivity contribution in [2.24, 2.45) is 0 Å². The molecule has 0 fully saturated rings. The predicted octanol–water partition coefficient (Wildman–Crippen LogP) is 3.59. The topological polar surface area (TPSA) is 61.4 Å². The van der Waals surface area contributed by atoms with Crippen molar-refractivity contribution in [3.8, 4) is 0 Å². The smallest absolute Gasteiger partial charge is 0.409 e. The lowest BCUT2D eigenvalue weighted by Gasteiger charge is -2.24. The Hall–Kier alpha value is -1.62. The molecule has 0 spiro atoms. The number of carboxylic acid groups (broad SMARTS) is 1. The van der Waals surface area contributed by atoms with Gasteiger partial charge in [0.2, 0.25) is 0 Å². The lowest BCUT2D eigenvalue weighted by molar-refractivity contribution is 0.210. The van der Waals surface area contributed by atoms with Crippen molar-refractivity contribution in [1.82, 2.24) is 0 Å². The van der Waals surface area contributed by atoms with Gasteiger partial charge in [-0.1, -0.05) is 32.1 Å². The molecular formula is C13H16N2O2S. The van der Waals surface area contributed by atoms with Crippen molar-refractivity contribution in [2.75, 3.05) is 10.6 Å². The summed E-state index contributed by atoms with van der Waals surface area (Å²) in [5.74, 6) is 0. The first kappa shape index (κ1) is 12.8. The highest BCUT2D eigenvalue weighted by Crippen LogP contribution is 2.38. The third-order valence-corrected chi connectivity index (χ3v) is 3.56. The molecule has 0 bridgehead atoms. The normalized spacial score (nSPS) is 17.3. The number of fused-ring (bicyclic) bond motifs is 1. The summed E-state index contributed by atoms with van der Waals surface area (Å²) < 4.78 is 0. The van der Waals surface area contributed by atoms with E-state index in [1.807, 2.05) is 6.07 Å². The van der Waals surface area contributed by atoms with Gasteiger partial charge in [-0.25, -0.2) is 4.79 Å². The Morgan fingerprint density at radius 3 is 2.89 bits per heavy atom. The van der Waals surface area contributed by atoms with Gasteiger partial charge in [-0.3, -0.25) is 5.32 Å². The number of rotatable bonds is 1. The Morgan fingerprint density at radius 1 is 1.50 bits per heavy atom. The number of amides is 1. The fraction of sp³-hybridized carbons (Fsp3) is 0.385. The average Bonchev–Trinajstić information content (AvgIpc) is 2.35. The number of nitrogens with one attached hydrogen (secondary N) is 2. The van der Waals surface area contributed by atoms with Crippen LogP contribution in [0.2, 0.25) is 0 Å². The second kappa shape index (κ2) is 4.57. The third-order valence-electron chi connectivity index (χ3n) is 3.25. The lowest BCUT2D eigenvalue weighted by Crippen LogP contribution is -2.16. The van der Waals surface area contributed by atoms with Crippen molar-refractivity contribution in [2.45, 2.75) is 32.1 Å². The second-order valence-corrected chi connectivity index (χ2v) is 5.62. The van der Waals surface area contributed by atoms with Crippen molar-refractivity contribution >= 4 is 34.7 Å². The van der Waals surface area contributed by atoms with Gasteiger partial charge < -0.3 is 10.4 Å². The van der Waals surface area contributed by atoms with E-state index in [0.717, 1.165) is 23.5 Å². The summed E-state index contributed by atoms with van der Waals surface area (Å²) >= 11 is 5.25. The molecule has 0 saturated heterocycles. The van der Waals surface area contributed by atoms with E-state index in [0.29, 0.717) is 5.69 Å². The Morgan fingerprint density at radius 2 is 2.22 bits per heavy atom. The molecule has 4 nitrogen and oxygen atoms in total. The summed E-state index contributed by atoms with van der Waals surface area (Å²) in [6.07, 6.45) is 0.765. The van der Waals surface area contributed by atoms with Crippen LogP contribution in [0.15, 0.2) is 18.2 Å². The first-order valence-electron chi connectivity index (χ1n) is 5.83. The van der Waals surface area contributed by atoms with Crippen LogP contribution in [0.3, 0.4) is 0 Å². The van der Waals surface area contributed by atoms with E-state index in [4.69, 9.17) is 17.3 Å². The number of benzene rings is 1. The molecule has 0 unspecified atom stereocenters. The van der Waals surface area contributed by atoms with Crippen LogP contribution in [0, 0.1) is 0 Å². The summed E-state index contributed by atoms with van der Waals surface area (Å²) in [5, 5.41) is 14.3. The molecule has 18 heavy (non-hydrogen) atoms. The van der Waals surface area contributed by atoms with Crippen molar-refractivity contribution in [1.29, 1.82) is 0 Å². The summed E-state index contributed by atoms with van der Waals surface area (Å²) in [6, 6.07) is 5.54. The largest absolute Gasteiger partial charge is 0.465 e. The Labute approximate surface area is 111 Å². The van der Waals surface area contributed by atoms with Gasteiger partial charge in [-0.15, -0.1) is 0 Å². The van der Waals surface area contributed by atoms with Crippen molar-refractivity contribution in [3.05, 3.63) is 23.8 Å². The molecule has 1 aromatic rings. The van der Waals surface area contributed by atoms with E-state index in [1.165, 1.54) is 5.56 Å². The Kier molecular flexibility index (Phi) is 3.26. The number of anilines is 2. The summed E-state index contributed by atoms with van der Waals surface area (Å²) in [6.45, 7) is 4.34. The summed E-state index contributed by atoms with van der Waals surface area (Å²) in [4.78, 5) is 11.4. The highest BCUT2D eigenvalue weighted by atomic mass is 32.1. The van der Waals surface area contributed by atoms with Crippen LogP contribution in [0.4, 0.5) is 16.2 Å². The van der Waals surface area contributed by atoms with E-state index < -0.39 is 6.09 Å². The maximum atomic E-state index is 10.6. The molecule has 1 aromatic carbocycles. The van der Waals surface area contributed by atoms with Crippen molar-refractivity contribution in [3.63, 3.8) is 0 Å². The Balaban J connectivity index is 2.43. The molecule has 0 aromatic heterocycles. The lowest BCUT2D eigenvalue weighted by atomic mass is 9.80. The second-order valence-electron chi connectivity index (χ2n) is 5.12. The average molecular weight is 264 g/mol. The number of hydrogen-bond donors (Lipinski definition) is 3. The fourth-order valence-corrected chi connectivity index (χ4v) is 2.42. The summed E-state index contributed by atoms with van der Waals surface area (Å²) in [7, 11) is 0. The molecule has 0 aliphatic carbocycles. The molecule has 1 heterocycles. The molecule has 5 heteroatoms. The van der Waals surface area contributed by atoms with E-state index in [2.05, 4.69) is 24.5 Å². The van der Waals surface area contributed by atoms with Gasteiger partial charge in [0.05, 0.1) is 4.99 Å². The fourth-order valence-electron chi connectivity index (χ4n) is 2.21. The molecule has 1 aliphatic rings. The van der Waals surface area contributed by atoms with Crippen molar-refractivity contribution < 1.29 is 9.90 Å². The molecule has 0 atom stereocenters. The number of carbonyl (C=O) groups is 1. The standard InChI is InChI=1S/C13H16N2O2S/c1-13(2)6-5-11(18)15-10-7-8(14-12(16)17)3-4-9(10)13/h3-4,7,14H,5-6H2,1-2H3,(H,15,18)(H,16,17). The van der Waals surface area contributed by atoms with Crippen LogP contribution >= 0.6 is 12.2 Å². The monoisotopic (exact) mass is 264 g/mol. The van der Waals surface area contributed by atoms with E-state index in [-0.39, 0.29) is 5.41 Å². The predicted molar refractivity (Wildman–Crippen MR) is 76.6 cm³/mol. The highest BCUT2D eigenvalue weighted by molar-refractivity contribution is 7.80. The van der Waals surface area contributed by atoms with Gasteiger partial charge in [-0.2, -0.15) is 0 Å². The number of hydrogen-bond acceptors (Lipinski definition) is 2. The van der Waals surface area contributed by atoms with Gasteiger partial charge in [0, 0.05) is 11.4 Å². The van der Waals surface area contributed by atoms with Crippen LogP contribution < -0.4 is 10.6 Å². The Bertz CT molecular complexity index is 512. The first-order valence-corrected chi connectivity index (χ1v) is 6.24. The maximum Gasteiger partial charge on any atom is 0.409 e. The van der Waals surface area contributed by atoms with Gasteiger partial charge in [0.25, 0.3) is 0 Å². The van der Waals surface area contributed by atoms with Crippen LogP contribution in [0.1, 0.15) is 32.3 Å². The van der Waals surface area contributed by atoms with Crippen LogP contribution in [0.25, 0.3) is 0 Å². The minimum absolute atomic E-state index is 0.0324. The van der Waals surface area contributed by atoms with E-state index in [1.54, 1.807) is 12.1 Å². The summed E-state index contributed by atoms with van der Waals surface area (Å²) in [5.41, 5.74) is 2.64. The molecule has 2 rings (SSSR count). The molecular weight excluding hydrogens is 248 g/mol. The van der Waals surface area contributed by atoms with Gasteiger partial charge >= 0.3 is 6.09 Å². The van der Waals surface area contributed by atoms with Gasteiger partial charge in [-0.05, 0) is 36.0 Å². The minimum atomic E-state index is -1.06. The zero-order chi connectivity index (χ0) is 13.3. The van der Waals surface area contributed by atoms with E-state index >= 15 is 0 Å². The zero-order valence-corrected chi connectivity index (χ0v) is 11.2. The quantitative estimate of drug-likeness (QED) is 0.678. The molecule has 0 radical (unpaired) electrons. The maximum absolute atomic E-state index is 10.6. The van der Waals surface area contributed by atoms with Crippen LogP contribution in [0.5, 0.6) is 0 Å². The van der Waals surface area contributed by atoms with Gasteiger partial charge in [0.1, 0.15) is 0 Å². The third kappa shape index (κ3) is 2.61. The highest BCUT2D eigenvalue weighted by Gasteiger charge is 2.27.